The van der Waals surface area contributed by atoms with Crippen molar-refractivity contribution in [2.75, 3.05) is 7.11 Å². The largest absolute Gasteiger partial charge is 0.493 e. The zero-order valence-corrected chi connectivity index (χ0v) is 50.9. The highest BCUT2D eigenvalue weighted by Crippen LogP contribution is 2.43. The number of ether oxygens (including phenoxy) is 6. The molecule has 6 rings (SSSR count). The molecule has 0 unspecified atom stereocenters. The normalized spacial score (nSPS) is 12.7. The summed E-state index contributed by atoms with van der Waals surface area (Å²) in [5.41, 5.74) is 0.920. The number of ketones is 1. The number of hydrogen-bond donors (Lipinski definition) is 2. The molecular weight excluding hydrogens is 1070 g/mol. The van der Waals surface area contributed by atoms with Crippen LogP contribution in [-0.2, 0) is 60.8 Å². The van der Waals surface area contributed by atoms with Crippen molar-refractivity contribution in [3.8, 4) is 23.0 Å². The van der Waals surface area contributed by atoms with Crippen LogP contribution in [0.3, 0.4) is 0 Å². The number of benzene rings is 5. The topological polar surface area (TPSA) is 212 Å². The van der Waals surface area contributed by atoms with Gasteiger partial charge in [0.1, 0.15) is 51.4 Å². The van der Waals surface area contributed by atoms with Gasteiger partial charge in [0, 0.05) is 48.9 Å². The number of alkyl carbamates (subject to hydrolysis) is 2. The van der Waals surface area contributed by atoms with E-state index in [1.54, 1.807) is 96.1 Å². The minimum Gasteiger partial charge on any atom is -0.493 e. The molecule has 16 nitrogen and oxygen atoms in total. The Morgan fingerprint density at radius 2 is 0.964 bits per heavy atom. The van der Waals surface area contributed by atoms with Crippen LogP contribution in [0.1, 0.15) is 131 Å². The van der Waals surface area contributed by atoms with E-state index in [-0.39, 0.29) is 107 Å². The number of nitrogens with one attached hydrogen (secondary N) is 2. The summed E-state index contributed by atoms with van der Waals surface area (Å²) in [5, 5.41) is 5.10. The van der Waals surface area contributed by atoms with Crippen molar-refractivity contribution in [2.24, 2.45) is 11.3 Å². The number of methoxy groups -OCH3 is 1. The number of fused-ring (bicyclic) bond motifs is 2. The molecule has 0 spiro atoms. The Hall–Kier alpha value is -8.53. The fourth-order valence-corrected chi connectivity index (χ4v) is 9.30. The number of amides is 2. The van der Waals surface area contributed by atoms with Gasteiger partial charge in [-0.1, -0.05) is 135 Å². The molecule has 1 aromatic heterocycles. The van der Waals surface area contributed by atoms with Crippen molar-refractivity contribution in [1.29, 1.82) is 0 Å². The van der Waals surface area contributed by atoms with E-state index >= 15 is 9.59 Å². The Balaban J connectivity index is 1.65. The first-order valence-electron chi connectivity index (χ1n) is 28.2. The molecule has 16 heteroatoms. The van der Waals surface area contributed by atoms with Crippen LogP contribution in [0.2, 0.25) is 0 Å². The first kappa shape index (κ1) is 64.6. The lowest BCUT2D eigenvalue weighted by atomic mass is 9.85. The number of hydrogen-bond acceptors (Lipinski definition) is 14. The molecule has 0 aliphatic rings. The second-order valence-corrected chi connectivity index (χ2v) is 24.6. The van der Waals surface area contributed by atoms with Gasteiger partial charge >= 0.3 is 30.1 Å². The van der Waals surface area contributed by atoms with Gasteiger partial charge in [0.25, 0.3) is 0 Å². The van der Waals surface area contributed by atoms with E-state index < -0.39 is 70.1 Å². The summed E-state index contributed by atoms with van der Waals surface area (Å²) in [6, 6.07) is 27.2. The van der Waals surface area contributed by atoms with Gasteiger partial charge in [-0.2, -0.15) is 0 Å². The van der Waals surface area contributed by atoms with Crippen molar-refractivity contribution >= 4 is 57.8 Å². The Bertz CT molecular complexity index is 3460. The first-order chi connectivity index (χ1) is 39.5. The zero-order valence-electron chi connectivity index (χ0n) is 50.9. The molecular formula is C68H80N2O14. The third kappa shape index (κ3) is 19.0. The highest BCUT2D eigenvalue weighted by molar-refractivity contribution is 6.00. The van der Waals surface area contributed by atoms with Crippen molar-refractivity contribution < 1.29 is 61.6 Å². The number of allylic oxidation sites excluding steroid dienone is 4. The molecule has 2 amide bonds. The van der Waals surface area contributed by atoms with Gasteiger partial charge in [0.15, 0.2) is 17.2 Å². The summed E-state index contributed by atoms with van der Waals surface area (Å²) in [5.74, 6) is -4.57. The van der Waals surface area contributed by atoms with E-state index in [0.29, 0.717) is 11.1 Å². The minimum atomic E-state index is -1.34. The summed E-state index contributed by atoms with van der Waals surface area (Å²) < 4.78 is 43.0. The van der Waals surface area contributed by atoms with Gasteiger partial charge in [-0.25, -0.2) is 19.2 Å². The second-order valence-electron chi connectivity index (χ2n) is 24.6. The molecule has 84 heavy (non-hydrogen) atoms. The van der Waals surface area contributed by atoms with Crippen LogP contribution in [0, 0.1) is 11.3 Å². The first-order valence-corrected chi connectivity index (χ1v) is 28.2. The fraction of sp³-hybridized carbons (Fsp3) is 0.397. The molecule has 0 fully saturated rings. The SMILES string of the molecule is COc1c(OC(=O)[C@@H](Cc2ccccc2)NC(=O)OC(C)(C)C)cc2oc3cc(OC(=O)[C@@H](Cc4ccccc4)NC(=O)OC(C)(C)C)c(CC=C(C)C)c(OC(=O)[C@H](CC(=O)CC(C)(C)C)Cc4ccccc4)c3c(=O)c2c1CC=C(C)C. The highest BCUT2D eigenvalue weighted by Gasteiger charge is 2.35. The predicted molar refractivity (Wildman–Crippen MR) is 324 cm³/mol. The summed E-state index contributed by atoms with van der Waals surface area (Å²) >= 11 is 0. The van der Waals surface area contributed by atoms with E-state index in [4.69, 9.17) is 32.8 Å². The number of rotatable bonds is 22. The van der Waals surface area contributed by atoms with Gasteiger partial charge in [-0.05, 0) is 111 Å². The Morgan fingerprint density at radius 1 is 0.536 bits per heavy atom. The van der Waals surface area contributed by atoms with Crippen molar-refractivity contribution in [3.63, 3.8) is 0 Å². The van der Waals surface area contributed by atoms with Gasteiger partial charge in [0.2, 0.25) is 5.43 Å². The maximum absolute atomic E-state index is 15.9. The quantitative estimate of drug-likeness (QED) is 0.0280. The third-order valence-electron chi connectivity index (χ3n) is 12.9. The van der Waals surface area contributed by atoms with Crippen LogP contribution < -0.4 is 35.0 Å². The molecule has 0 aliphatic heterocycles. The third-order valence-corrected chi connectivity index (χ3v) is 12.9. The zero-order chi connectivity index (χ0) is 61.7. The molecule has 0 saturated carbocycles. The van der Waals surface area contributed by atoms with Gasteiger partial charge in [0.05, 0.1) is 18.4 Å². The molecule has 0 saturated heterocycles. The highest BCUT2D eigenvalue weighted by atomic mass is 16.6. The van der Waals surface area contributed by atoms with Crippen molar-refractivity contribution in [2.45, 2.75) is 158 Å². The van der Waals surface area contributed by atoms with Crippen LogP contribution in [0.25, 0.3) is 21.9 Å². The van der Waals surface area contributed by atoms with Crippen LogP contribution in [0.15, 0.2) is 136 Å². The lowest BCUT2D eigenvalue weighted by Gasteiger charge is -2.24. The van der Waals surface area contributed by atoms with E-state index in [9.17, 15) is 24.0 Å². The van der Waals surface area contributed by atoms with Crippen molar-refractivity contribution in [1.82, 2.24) is 10.6 Å². The maximum Gasteiger partial charge on any atom is 0.408 e. The Kier molecular flexibility index (Phi) is 21.7. The standard InChI is InChI=1S/C68H80N2O14/c1-41(2)30-32-48-52(80-62(74)50(35-44-26-20-16-21-27-44)69-64(76)83-67(8,9)10)38-54-57(60(48)82-61(73)46(34-43-24-18-15-19-25-43)37-47(71)40-66(5,6)7)58(72)56-49(33-31-42(3)4)59(78-14)55(39-53(56)79-54)81-63(75)51(36-45-28-22-17-23-29-45)70-65(77)84-68(11,12)13/h15-31,38-39,46,50-51H,32-37,40H2,1-14H3,(H,69,76)(H,70,77)/t46-,50+,51+/m0/s1. The molecule has 0 radical (unpaired) electrons. The average Bonchev–Trinajstić information content (AvgIpc) is 0.849. The lowest BCUT2D eigenvalue weighted by molar-refractivity contribution is -0.141. The molecule has 0 aliphatic carbocycles. The van der Waals surface area contributed by atoms with E-state index in [2.05, 4.69) is 10.6 Å². The second kappa shape index (κ2) is 28.2. The Labute approximate surface area is 492 Å². The lowest BCUT2D eigenvalue weighted by Crippen LogP contribution is -2.46. The van der Waals surface area contributed by atoms with Crippen molar-refractivity contribution in [3.05, 3.63) is 164 Å². The van der Waals surface area contributed by atoms with Crippen LogP contribution in [0.5, 0.6) is 23.0 Å². The van der Waals surface area contributed by atoms with E-state index in [1.165, 1.54) is 19.2 Å². The summed E-state index contributed by atoms with van der Waals surface area (Å²) in [6.45, 7) is 23.4. The number of carbonyl (C=O) groups excluding carboxylic acids is 6. The number of carbonyl (C=O) groups is 6. The molecule has 5 aromatic carbocycles. The van der Waals surface area contributed by atoms with Crippen LogP contribution in [0.4, 0.5) is 9.59 Å². The van der Waals surface area contributed by atoms with E-state index in [1.807, 2.05) is 97.0 Å². The molecule has 1 heterocycles. The monoisotopic (exact) mass is 1150 g/mol. The summed E-state index contributed by atoms with van der Waals surface area (Å²) in [6.07, 6.45) is 1.95. The maximum atomic E-state index is 15.9. The number of esters is 3. The predicted octanol–water partition coefficient (Wildman–Crippen LogP) is 13.2. The molecule has 3 atom stereocenters. The summed E-state index contributed by atoms with van der Waals surface area (Å²) in [7, 11) is 1.36. The van der Waals surface area contributed by atoms with E-state index in [0.717, 1.165) is 16.7 Å². The molecule has 0 bridgehead atoms. The summed E-state index contributed by atoms with van der Waals surface area (Å²) in [4.78, 5) is 101. The fourth-order valence-electron chi connectivity index (χ4n) is 9.30. The molecule has 446 valence electrons. The Morgan fingerprint density at radius 3 is 1.40 bits per heavy atom. The minimum absolute atomic E-state index is 0.00757. The smallest absolute Gasteiger partial charge is 0.408 e. The average molecular weight is 1150 g/mol. The van der Waals surface area contributed by atoms with Gasteiger partial charge < -0.3 is 43.5 Å². The van der Waals surface area contributed by atoms with Gasteiger partial charge in [-0.3, -0.25) is 14.4 Å². The van der Waals surface area contributed by atoms with Crippen LogP contribution in [-0.4, -0.2) is 66.3 Å². The molecule has 6 aromatic rings. The molecule has 2 N–H and O–H groups in total. The van der Waals surface area contributed by atoms with Crippen LogP contribution >= 0.6 is 0 Å². The van der Waals surface area contributed by atoms with Gasteiger partial charge in [-0.15, -0.1) is 0 Å². The number of Topliss-reactive ketones (excluding diaryl/α,β-unsaturated/α-hetero) is 1.